The van der Waals surface area contributed by atoms with Crippen molar-refractivity contribution in [1.82, 2.24) is 10.2 Å². The Bertz CT molecular complexity index is 424. The lowest BCUT2D eigenvalue weighted by Crippen LogP contribution is -2.43. The van der Waals surface area contributed by atoms with Crippen LogP contribution >= 0.6 is 0 Å². The van der Waals surface area contributed by atoms with E-state index in [1.165, 1.54) is 24.8 Å². The van der Waals surface area contributed by atoms with Crippen molar-refractivity contribution in [2.75, 3.05) is 13.1 Å². The van der Waals surface area contributed by atoms with Crippen molar-refractivity contribution in [3.63, 3.8) is 0 Å². The number of rotatable bonds is 3. The Morgan fingerprint density at radius 2 is 1.67 bits per heavy atom. The third kappa shape index (κ3) is 4.08. The van der Waals surface area contributed by atoms with Crippen LogP contribution in [0.4, 0.5) is 0 Å². The molecule has 3 rings (SSSR count). The van der Waals surface area contributed by atoms with E-state index in [9.17, 15) is 9.59 Å². The molecule has 0 bridgehead atoms. The maximum absolute atomic E-state index is 12.3. The van der Waals surface area contributed by atoms with Crippen LogP contribution in [-0.2, 0) is 9.59 Å². The molecule has 1 aliphatic heterocycles. The first-order valence-electron chi connectivity index (χ1n) is 8.51. The summed E-state index contributed by atoms with van der Waals surface area (Å²) >= 11 is 0. The predicted octanol–water partition coefficient (Wildman–Crippen LogP) is 2.39. The lowest BCUT2D eigenvalue weighted by molar-refractivity contribution is -0.132. The monoisotopic (exact) mass is 290 g/mol. The number of amides is 2. The van der Waals surface area contributed by atoms with E-state index in [-0.39, 0.29) is 17.7 Å². The molecule has 3 aliphatic rings. The SMILES string of the molecule is O=C(NC1CC1)C1CCN(C(=O)C=C2CCCCC2)CC1. The Morgan fingerprint density at radius 1 is 1.00 bits per heavy atom. The second kappa shape index (κ2) is 6.63. The summed E-state index contributed by atoms with van der Waals surface area (Å²) in [5, 5.41) is 3.08. The molecule has 1 heterocycles. The molecule has 0 atom stereocenters. The van der Waals surface area contributed by atoms with Crippen LogP contribution in [0.1, 0.15) is 57.8 Å². The molecule has 1 N–H and O–H groups in total. The largest absolute Gasteiger partial charge is 0.353 e. The zero-order chi connectivity index (χ0) is 14.7. The highest BCUT2D eigenvalue weighted by Gasteiger charge is 2.30. The van der Waals surface area contributed by atoms with Gasteiger partial charge in [0, 0.05) is 31.1 Å². The molecule has 1 saturated heterocycles. The van der Waals surface area contributed by atoms with Crippen LogP contribution in [0.15, 0.2) is 11.6 Å². The van der Waals surface area contributed by atoms with Crippen molar-refractivity contribution < 1.29 is 9.59 Å². The minimum absolute atomic E-state index is 0.108. The Morgan fingerprint density at radius 3 is 2.29 bits per heavy atom. The maximum Gasteiger partial charge on any atom is 0.246 e. The fraction of sp³-hybridized carbons (Fsp3) is 0.765. The highest BCUT2D eigenvalue weighted by Crippen LogP contribution is 2.25. The highest BCUT2D eigenvalue weighted by atomic mass is 16.2. The molecule has 116 valence electrons. The molecule has 4 nitrogen and oxygen atoms in total. The number of carbonyl (C=O) groups excluding carboxylic acids is 2. The molecule has 0 aromatic rings. The quantitative estimate of drug-likeness (QED) is 0.811. The minimum atomic E-state index is 0.108. The summed E-state index contributed by atoms with van der Waals surface area (Å²) in [5.74, 6) is 0.472. The van der Waals surface area contributed by atoms with Crippen LogP contribution in [0.3, 0.4) is 0 Å². The first-order chi connectivity index (χ1) is 10.2. The van der Waals surface area contributed by atoms with E-state index in [4.69, 9.17) is 0 Å². The number of allylic oxidation sites excluding steroid dienone is 1. The van der Waals surface area contributed by atoms with E-state index >= 15 is 0 Å². The molecule has 0 radical (unpaired) electrons. The summed E-state index contributed by atoms with van der Waals surface area (Å²) in [6.45, 7) is 1.46. The number of nitrogens with zero attached hydrogens (tertiary/aromatic N) is 1. The molecule has 4 heteroatoms. The number of piperidine rings is 1. The molecule has 2 aliphatic carbocycles. The van der Waals surface area contributed by atoms with E-state index in [1.807, 2.05) is 11.0 Å². The number of carbonyl (C=O) groups is 2. The molecular weight excluding hydrogens is 264 g/mol. The number of likely N-dealkylation sites (tertiary alicyclic amines) is 1. The van der Waals surface area contributed by atoms with Crippen molar-refractivity contribution in [2.45, 2.75) is 63.8 Å². The summed E-state index contributed by atoms with van der Waals surface area (Å²) in [6.07, 6.45) is 11.7. The first-order valence-corrected chi connectivity index (χ1v) is 8.51. The van der Waals surface area contributed by atoms with Crippen LogP contribution in [0, 0.1) is 5.92 Å². The van der Waals surface area contributed by atoms with E-state index in [2.05, 4.69) is 5.32 Å². The Kier molecular flexibility index (Phi) is 4.61. The molecule has 0 unspecified atom stereocenters. The van der Waals surface area contributed by atoms with Gasteiger partial charge in [0.1, 0.15) is 0 Å². The van der Waals surface area contributed by atoms with Gasteiger partial charge >= 0.3 is 0 Å². The second-order valence-corrected chi connectivity index (χ2v) is 6.75. The Balaban J connectivity index is 1.45. The van der Waals surface area contributed by atoms with Gasteiger partial charge < -0.3 is 10.2 Å². The lowest BCUT2D eigenvalue weighted by Gasteiger charge is -2.31. The van der Waals surface area contributed by atoms with Gasteiger partial charge in [0.05, 0.1) is 0 Å². The Hall–Kier alpha value is -1.32. The van der Waals surface area contributed by atoms with Gasteiger partial charge in [-0.1, -0.05) is 12.0 Å². The third-order valence-electron chi connectivity index (χ3n) is 4.92. The minimum Gasteiger partial charge on any atom is -0.353 e. The van der Waals surface area contributed by atoms with Crippen LogP contribution in [-0.4, -0.2) is 35.8 Å². The van der Waals surface area contributed by atoms with Gasteiger partial charge in [0.15, 0.2) is 0 Å². The topological polar surface area (TPSA) is 49.4 Å². The van der Waals surface area contributed by atoms with Gasteiger partial charge in [-0.25, -0.2) is 0 Å². The number of hydrogen-bond donors (Lipinski definition) is 1. The average Bonchev–Trinajstić information content (AvgIpc) is 3.32. The number of nitrogens with one attached hydrogen (secondary N) is 1. The second-order valence-electron chi connectivity index (χ2n) is 6.75. The van der Waals surface area contributed by atoms with Crippen LogP contribution in [0.25, 0.3) is 0 Å². The molecule has 0 aromatic heterocycles. The standard InChI is InChI=1S/C17H26N2O2/c20-16(12-13-4-2-1-3-5-13)19-10-8-14(9-11-19)17(21)18-15-6-7-15/h12,14-15H,1-11H2,(H,18,21). The van der Waals surface area contributed by atoms with Crippen LogP contribution < -0.4 is 5.32 Å². The molecule has 3 fully saturated rings. The molecule has 0 spiro atoms. The third-order valence-corrected chi connectivity index (χ3v) is 4.92. The zero-order valence-corrected chi connectivity index (χ0v) is 12.8. The first kappa shape index (κ1) is 14.6. The summed E-state index contributed by atoms with van der Waals surface area (Å²) in [7, 11) is 0. The van der Waals surface area contributed by atoms with Gasteiger partial charge in [0.2, 0.25) is 11.8 Å². The average molecular weight is 290 g/mol. The summed E-state index contributed by atoms with van der Waals surface area (Å²) in [6, 6.07) is 0.438. The van der Waals surface area contributed by atoms with Crippen molar-refractivity contribution >= 4 is 11.8 Å². The molecule has 2 saturated carbocycles. The van der Waals surface area contributed by atoms with Crippen LogP contribution in [0.2, 0.25) is 0 Å². The molecule has 0 aromatic carbocycles. The van der Waals surface area contributed by atoms with Crippen molar-refractivity contribution in [1.29, 1.82) is 0 Å². The zero-order valence-electron chi connectivity index (χ0n) is 12.8. The van der Waals surface area contributed by atoms with E-state index in [1.54, 1.807) is 0 Å². The van der Waals surface area contributed by atoms with E-state index < -0.39 is 0 Å². The summed E-state index contributed by atoms with van der Waals surface area (Å²) in [4.78, 5) is 26.2. The lowest BCUT2D eigenvalue weighted by atomic mass is 9.93. The van der Waals surface area contributed by atoms with Crippen molar-refractivity contribution in [2.24, 2.45) is 5.92 Å². The highest BCUT2D eigenvalue weighted by molar-refractivity contribution is 5.88. The van der Waals surface area contributed by atoms with Gasteiger partial charge in [-0.3, -0.25) is 9.59 Å². The van der Waals surface area contributed by atoms with Gasteiger partial charge in [-0.2, -0.15) is 0 Å². The molecular formula is C17H26N2O2. The normalized spacial score (nSPS) is 23.8. The molecule has 2 amide bonds. The smallest absolute Gasteiger partial charge is 0.246 e. The fourth-order valence-corrected chi connectivity index (χ4v) is 3.32. The fourth-order valence-electron chi connectivity index (χ4n) is 3.32. The van der Waals surface area contributed by atoms with Crippen molar-refractivity contribution in [3.05, 3.63) is 11.6 Å². The van der Waals surface area contributed by atoms with Crippen LogP contribution in [0.5, 0.6) is 0 Å². The summed E-state index contributed by atoms with van der Waals surface area (Å²) < 4.78 is 0. The predicted molar refractivity (Wildman–Crippen MR) is 81.6 cm³/mol. The van der Waals surface area contributed by atoms with Gasteiger partial charge in [0.25, 0.3) is 0 Å². The number of hydrogen-bond acceptors (Lipinski definition) is 2. The van der Waals surface area contributed by atoms with E-state index in [0.29, 0.717) is 6.04 Å². The van der Waals surface area contributed by atoms with Gasteiger partial charge in [-0.05, 0) is 51.4 Å². The van der Waals surface area contributed by atoms with Gasteiger partial charge in [-0.15, -0.1) is 0 Å². The van der Waals surface area contributed by atoms with E-state index in [0.717, 1.165) is 51.6 Å². The molecule has 21 heavy (non-hydrogen) atoms. The summed E-state index contributed by atoms with van der Waals surface area (Å²) in [5.41, 5.74) is 1.32. The van der Waals surface area contributed by atoms with Crippen molar-refractivity contribution in [3.8, 4) is 0 Å². The maximum atomic E-state index is 12.3. The Labute approximate surface area is 127 Å².